The van der Waals surface area contributed by atoms with E-state index in [-0.39, 0.29) is 22.6 Å². The Kier molecular flexibility index (Phi) is 5.77. The topological polar surface area (TPSA) is 125 Å². The molecule has 0 aliphatic carbocycles. The Balaban J connectivity index is 1.94. The molecule has 0 aromatic heterocycles. The van der Waals surface area contributed by atoms with Crippen molar-refractivity contribution in [2.75, 3.05) is 18.8 Å². The summed E-state index contributed by atoms with van der Waals surface area (Å²) in [4.78, 5) is 37.3. The van der Waals surface area contributed by atoms with Gasteiger partial charge in [0.05, 0.1) is 17.0 Å². The summed E-state index contributed by atoms with van der Waals surface area (Å²) in [5.74, 6) is -0.523. The number of likely N-dealkylation sites (tertiary alicyclic amines) is 1. The molecule has 3 amide bonds. The highest BCUT2D eigenvalue weighted by Gasteiger charge is 2.48. The van der Waals surface area contributed by atoms with E-state index >= 15 is 0 Å². The van der Waals surface area contributed by atoms with Gasteiger partial charge in [-0.25, -0.2) is 0 Å². The van der Waals surface area contributed by atoms with Crippen molar-refractivity contribution in [3.8, 4) is 0 Å². The molecule has 4 atom stereocenters. The van der Waals surface area contributed by atoms with Gasteiger partial charge in [0, 0.05) is 24.8 Å². The molecule has 2 aliphatic heterocycles. The second kappa shape index (κ2) is 7.28. The van der Waals surface area contributed by atoms with E-state index in [0.29, 0.717) is 18.8 Å². The van der Waals surface area contributed by atoms with Gasteiger partial charge in [0.1, 0.15) is 6.04 Å². The quantitative estimate of drug-likeness (QED) is 0.480. The van der Waals surface area contributed by atoms with Crippen LogP contribution < -0.4 is 16.4 Å². The first-order valence-electron chi connectivity index (χ1n) is 8.13. The molecule has 0 aromatic carbocycles. The van der Waals surface area contributed by atoms with E-state index in [9.17, 15) is 19.5 Å². The number of rotatable bonds is 5. The summed E-state index contributed by atoms with van der Waals surface area (Å²) >= 11 is 1.62. The number of primary amides is 1. The highest BCUT2D eigenvalue weighted by Crippen LogP contribution is 2.38. The number of carbonyl (C=O) groups excluding carboxylic acids is 3. The molecule has 0 radical (unpaired) electrons. The lowest BCUT2D eigenvalue weighted by molar-refractivity contribution is -0.133. The monoisotopic (exact) mass is 358 g/mol. The first-order valence-corrected chi connectivity index (χ1v) is 9.12. The molecule has 1 unspecified atom stereocenters. The van der Waals surface area contributed by atoms with Gasteiger partial charge in [-0.15, -0.1) is 11.8 Å². The van der Waals surface area contributed by atoms with Crippen LogP contribution >= 0.6 is 11.8 Å². The molecule has 2 aliphatic rings. The SMILES string of the molecule is CC(C)C(=O)N1CCC2(C1)N[C@H](C(=O)N[C@H](C(N)=O)[C@@H](C)O)CS2. The van der Waals surface area contributed by atoms with E-state index in [1.807, 2.05) is 18.7 Å². The zero-order chi connectivity index (χ0) is 18.1. The molecule has 0 saturated carbocycles. The lowest BCUT2D eigenvalue weighted by atomic mass is 10.1. The van der Waals surface area contributed by atoms with Gasteiger partial charge in [-0.1, -0.05) is 13.8 Å². The number of thioether (sulfide) groups is 1. The van der Waals surface area contributed by atoms with Crippen molar-refractivity contribution >= 4 is 29.5 Å². The second-order valence-corrected chi connectivity index (χ2v) is 8.20. The van der Waals surface area contributed by atoms with Gasteiger partial charge in [0.15, 0.2) is 0 Å². The first-order chi connectivity index (χ1) is 11.1. The average Bonchev–Trinajstić information content (AvgIpc) is 3.10. The molecule has 5 N–H and O–H groups in total. The molecule has 2 heterocycles. The van der Waals surface area contributed by atoms with E-state index in [4.69, 9.17) is 5.73 Å². The molecule has 24 heavy (non-hydrogen) atoms. The fraction of sp³-hybridized carbons (Fsp3) is 0.800. The van der Waals surface area contributed by atoms with Crippen LogP contribution in [0.4, 0.5) is 0 Å². The molecular formula is C15H26N4O4S. The Morgan fingerprint density at radius 3 is 2.58 bits per heavy atom. The molecule has 2 fully saturated rings. The number of hydrogen-bond donors (Lipinski definition) is 4. The molecule has 9 heteroatoms. The zero-order valence-electron chi connectivity index (χ0n) is 14.2. The normalized spacial score (nSPS) is 29.0. The Morgan fingerprint density at radius 2 is 2.04 bits per heavy atom. The molecule has 8 nitrogen and oxygen atoms in total. The number of nitrogens with two attached hydrogens (primary N) is 1. The van der Waals surface area contributed by atoms with Crippen molar-refractivity contribution in [2.24, 2.45) is 11.7 Å². The van der Waals surface area contributed by atoms with Crippen LogP contribution in [-0.4, -0.2) is 69.6 Å². The highest BCUT2D eigenvalue weighted by molar-refractivity contribution is 8.01. The molecule has 0 aromatic rings. The van der Waals surface area contributed by atoms with Crippen LogP contribution in [0.5, 0.6) is 0 Å². The number of aliphatic hydroxyl groups excluding tert-OH is 1. The van der Waals surface area contributed by atoms with Gasteiger partial charge in [0.2, 0.25) is 17.7 Å². The number of amides is 3. The molecule has 2 saturated heterocycles. The molecule has 0 bridgehead atoms. The van der Waals surface area contributed by atoms with E-state index < -0.39 is 24.1 Å². The summed E-state index contributed by atoms with van der Waals surface area (Å²) in [5, 5.41) is 15.3. The number of nitrogens with zero attached hydrogens (tertiary/aromatic N) is 1. The van der Waals surface area contributed by atoms with Crippen LogP contribution in [0.2, 0.25) is 0 Å². The largest absolute Gasteiger partial charge is 0.391 e. The summed E-state index contributed by atoms with van der Waals surface area (Å²) in [6.45, 7) is 6.38. The minimum atomic E-state index is -1.11. The maximum Gasteiger partial charge on any atom is 0.242 e. The Hall–Kier alpha value is -1.32. The summed E-state index contributed by atoms with van der Waals surface area (Å²) in [6, 6.07) is -1.59. The van der Waals surface area contributed by atoms with Crippen molar-refractivity contribution in [3.63, 3.8) is 0 Å². The molecule has 1 spiro atoms. The molecular weight excluding hydrogens is 332 g/mol. The number of carbonyl (C=O) groups is 3. The number of nitrogens with one attached hydrogen (secondary N) is 2. The summed E-state index contributed by atoms with van der Waals surface area (Å²) in [6.07, 6.45) is -0.282. The third-order valence-corrected chi connectivity index (χ3v) is 5.91. The summed E-state index contributed by atoms with van der Waals surface area (Å²) in [5.41, 5.74) is 5.20. The number of aliphatic hydroxyl groups is 1. The third kappa shape index (κ3) is 4.01. The van der Waals surface area contributed by atoms with E-state index in [2.05, 4.69) is 10.6 Å². The van der Waals surface area contributed by atoms with Gasteiger partial charge >= 0.3 is 0 Å². The van der Waals surface area contributed by atoms with E-state index in [1.165, 1.54) is 6.92 Å². The highest BCUT2D eigenvalue weighted by atomic mass is 32.2. The predicted octanol–water partition coefficient (Wildman–Crippen LogP) is -1.37. The van der Waals surface area contributed by atoms with Gasteiger partial charge in [-0.2, -0.15) is 0 Å². The number of hydrogen-bond acceptors (Lipinski definition) is 6. The Morgan fingerprint density at radius 1 is 1.38 bits per heavy atom. The molecule has 136 valence electrons. The van der Waals surface area contributed by atoms with Crippen LogP contribution in [0, 0.1) is 5.92 Å². The van der Waals surface area contributed by atoms with Gasteiger partial charge in [0.25, 0.3) is 0 Å². The minimum absolute atomic E-state index is 0.0481. The van der Waals surface area contributed by atoms with Crippen LogP contribution in [0.15, 0.2) is 0 Å². The van der Waals surface area contributed by atoms with Gasteiger partial charge in [-0.05, 0) is 13.3 Å². The summed E-state index contributed by atoms with van der Waals surface area (Å²) in [7, 11) is 0. The van der Waals surface area contributed by atoms with Gasteiger partial charge < -0.3 is 21.1 Å². The Bertz CT molecular complexity index is 528. The maximum absolute atomic E-state index is 12.3. The smallest absolute Gasteiger partial charge is 0.242 e. The van der Waals surface area contributed by atoms with Crippen LogP contribution in [0.1, 0.15) is 27.2 Å². The maximum atomic E-state index is 12.3. The predicted molar refractivity (Wildman–Crippen MR) is 91.0 cm³/mol. The van der Waals surface area contributed by atoms with Crippen molar-refractivity contribution in [3.05, 3.63) is 0 Å². The van der Waals surface area contributed by atoms with Crippen molar-refractivity contribution < 1.29 is 19.5 Å². The standard InChI is InChI=1S/C15H26N4O4S/c1-8(2)14(23)19-5-4-15(7-19)18-10(6-24-15)13(22)17-11(9(3)20)12(16)21/h8-11,18,20H,4-7H2,1-3H3,(H2,16,21)(H,17,22)/t9-,10+,11+,15?/m1/s1. The average molecular weight is 358 g/mol. The van der Waals surface area contributed by atoms with Crippen LogP contribution in [0.25, 0.3) is 0 Å². The third-order valence-electron chi connectivity index (χ3n) is 4.40. The van der Waals surface area contributed by atoms with Crippen molar-refractivity contribution in [1.29, 1.82) is 0 Å². The van der Waals surface area contributed by atoms with E-state index in [0.717, 1.165) is 6.42 Å². The first kappa shape index (κ1) is 19.0. The lowest BCUT2D eigenvalue weighted by Crippen LogP contribution is -2.57. The van der Waals surface area contributed by atoms with E-state index in [1.54, 1.807) is 11.8 Å². The Labute approximate surface area is 145 Å². The van der Waals surface area contributed by atoms with Crippen molar-refractivity contribution in [1.82, 2.24) is 15.5 Å². The zero-order valence-corrected chi connectivity index (χ0v) is 15.1. The lowest BCUT2D eigenvalue weighted by Gasteiger charge is -2.26. The molecule has 2 rings (SSSR count). The summed E-state index contributed by atoms with van der Waals surface area (Å²) < 4.78 is 0. The van der Waals surface area contributed by atoms with Crippen LogP contribution in [0.3, 0.4) is 0 Å². The van der Waals surface area contributed by atoms with Crippen LogP contribution in [-0.2, 0) is 14.4 Å². The fourth-order valence-electron chi connectivity index (χ4n) is 3.04. The van der Waals surface area contributed by atoms with Crippen molar-refractivity contribution in [2.45, 2.75) is 50.3 Å². The minimum Gasteiger partial charge on any atom is -0.391 e. The fourth-order valence-corrected chi connectivity index (χ4v) is 4.47. The second-order valence-electron chi connectivity index (χ2n) is 6.80. The van der Waals surface area contributed by atoms with Gasteiger partial charge in [-0.3, -0.25) is 19.7 Å².